The van der Waals surface area contributed by atoms with E-state index in [1.54, 1.807) is 6.07 Å². The highest BCUT2D eigenvalue weighted by atomic mass is 16.5. The Kier molecular flexibility index (Phi) is 2.86. The molecule has 1 aromatic rings. The first-order chi connectivity index (χ1) is 5.34. The molecule has 60 valence electrons. The smallest absolute Gasteiger partial charge is 0.191 e. The van der Waals surface area contributed by atoms with E-state index in [-0.39, 0.29) is 12.4 Å². The summed E-state index contributed by atoms with van der Waals surface area (Å²) in [4.78, 5) is 11.1. The summed E-state index contributed by atoms with van der Waals surface area (Å²) in [6.45, 7) is 2.54. The van der Waals surface area contributed by atoms with Crippen LogP contribution in [0.1, 0.15) is 17.3 Å². The molecule has 11 heavy (non-hydrogen) atoms. The van der Waals surface area contributed by atoms with Crippen molar-refractivity contribution in [3.63, 3.8) is 0 Å². The highest BCUT2D eigenvalue weighted by Crippen LogP contribution is 2.00. The van der Waals surface area contributed by atoms with Crippen molar-refractivity contribution in [2.24, 2.45) is 0 Å². The number of carbonyl (C=O) groups excluding carboxylic acids is 1. The van der Waals surface area contributed by atoms with Crippen molar-refractivity contribution < 1.29 is 13.9 Å². The maximum absolute atomic E-state index is 11.1. The van der Waals surface area contributed by atoms with Gasteiger partial charge in [0.1, 0.15) is 12.9 Å². The molecule has 0 aliphatic heterocycles. The summed E-state index contributed by atoms with van der Waals surface area (Å²) >= 11 is 0. The van der Waals surface area contributed by atoms with Crippen molar-refractivity contribution in [2.45, 2.75) is 6.92 Å². The van der Waals surface area contributed by atoms with Crippen molar-refractivity contribution in [3.05, 3.63) is 24.2 Å². The van der Waals surface area contributed by atoms with E-state index in [1.165, 1.54) is 12.5 Å². The van der Waals surface area contributed by atoms with Gasteiger partial charge in [0.05, 0.1) is 11.8 Å². The van der Waals surface area contributed by atoms with E-state index in [1.807, 2.05) is 6.92 Å². The molecule has 1 heterocycles. The first-order valence-electron chi connectivity index (χ1n) is 3.47. The number of carbonyl (C=O) groups is 1. The second-order valence-corrected chi connectivity index (χ2v) is 2.07. The van der Waals surface area contributed by atoms with Crippen LogP contribution < -0.4 is 0 Å². The number of hydrogen-bond donors (Lipinski definition) is 0. The predicted octanol–water partition coefficient (Wildman–Crippen LogP) is 1.50. The Balaban J connectivity index is 2.43. The molecule has 0 aromatic carbocycles. The molecular weight excluding hydrogens is 144 g/mol. The molecule has 1 aromatic heterocycles. The molecule has 0 spiro atoms. The van der Waals surface area contributed by atoms with Gasteiger partial charge in [-0.3, -0.25) is 4.79 Å². The Morgan fingerprint density at radius 3 is 3.09 bits per heavy atom. The second kappa shape index (κ2) is 3.93. The normalized spacial score (nSPS) is 9.91. The largest absolute Gasteiger partial charge is 0.472 e. The average Bonchev–Trinajstić information content (AvgIpc) is 2.52. The first-order valence-corrected chi connectivity index (χ1v) is 3.47. The Labute approximate surface area is 65.0 Å². The third kappa shape index (κ3) is 2.20. The van der Waals surface area contributed by atoms with Crippen LogP contribution in [0.5, 0.6) is 0 Å². The number of ketones is 1. The topological polar surface area (TPSA) is 39.4 Å². The van der Waals surface area contributed by atoms with Gasteiger partial charge >= 0.3 is 0 Å². The van der Waals surface area contributed by atoms with E-state index in [0.29, 0.717) is 12.2 Å². The van der Waals surface area contributed by atoms with E-state index >= 15 is 0 Å². The molecule has 0 aliphatic carbocycles. The van der Waals surface area contributed by atoms with Crippen LogP contribution in [0.4, 0.5) is 0 Å². The Bertz CT molecular complexity index is 213. The van der Waals surface area contributed by atoms with E-state index in [2.05, 4.69) is 0 Å². The Morgan fingerprint density at radius 1 is 1.73 bits per heavy atom. The molecule has 3 nitrogen and oxygen atoms in total. The van der Waals surface area contributed by atoms with Crippen LogP contribution in [-0.4, -0.2) is 19.0 Å². The highest BCUT2D eigenvalue weighted by molar-refractivity contribution is 5.96. The lowest BCUT2D eigenvalue weighted by molar-refractivity contribution is 0.0782. The number of rotatable bonds is 4. The summed E-state index contributed by atoms with van der Waals surface area (Å²) in [5, 5.41) is 0. The zero-order valence-electron chi connectivity index (χ0n) is 6.37. The molecule has 0 amide bonds. The fourth-order valence-electron chi connectivity index (χ4n) is 0.701. The van der Waals surface area contributed by atoms with Crippen molar-refractivity contribution in [1.29, 1.82) is 0 Å². The quantitative estimate of drug-likeness (QED) is 0.617. The van der Waals surface area contributed by atoms with Gasteiger partial charge < -0.3 is 9.15 Å². The van der Waals surface area contributed by atoms with Gasteiger partial charge in [-0.15, -0.1) is 0 Å². The minimum Gasteiger partial charge on any atom is -0.472 e. The van der Waals surface area contributed by atoms with Crippen LogP contribution in [0.15, 0.2) is 23.0 Å². The van der Waals surface area contributed by atoms with Crippen molar-refractivity contribution in [3.8, 4) is 0 Å². The molecule has 0 saturated heterocycles. The van der Waals surface area contributed by atoms with Crippen LogP contribution in [0.2, 0.25) is 0 Å². The van der Waals surface area contributed by atoms with Crippen molar-refractivity contribution in [1.82, 2.24) is 0 Å². The molecule has 0 unspecified atom stereocenters. The summed E-state index contributed by atoms with van der Waals surface area (Å²) in [5.41, 5.74) is 0.568. The Hall–Kier alpha value is -1.09. The molecule has 3 heteroatoms. The third-order valence-corrected chi connectivity index (χ3v) is 1.28. The van der Waals surface area contributed by atoms with Crippen LogP contribution >= 0.6 is 0 Å². The molecule has 0 fully saturated rings. The molecular formula is C8H10O3. The third-order valence-electron chi connectivity index (χ3n) is 1.28. The van der Waals surface area contributed by atoms with Gasteiger partial charge in [0.25, 0.3) is 0 Å². The van der Waals surface area contributed by atoms with E-state index in [0.717, 1.165) is 0 Å². The maximum atomic E-state index is 11.1. The van der Waals surface area contributed by atoms with Gasteiger partial charge in [0, 0.05) is 6.61 Å². The number of Topliss-reactive ketones (excluding diaryl/α,β-unsaturated/α-hetero) is 1. The summed E-state index contributed by atoms with van der Waals surface area (Å²) in [7, 11) is 0. The number of hydrogen-bond acceptors (Lipinski definition) is 3. The van der Waals surface area contributed by atoms with Crippen molar-refractivity contribution >= 4 is 5.78 Å². The van der Waals surface area contributed by atoms with Crippen LogP contribution in [-0.2, 0) is 4.74 Å². The SMILES string of the molecule is CCOCC(=O)c1ccoc1. The van der Waals surface area contributed by atoms with E-state index in [9.17, 15) is 4.79 Å². The fourth-order valence-corrected chi connectivity index (χ4v) is 0.701. The van der Waals surface area contributed by atoms with E-state index < -0.39 is 0 Å². The monoisotopic (exact) mass is 154 g/mol. The van der Waals surface area contributed by atoms with Crippen molar-refractivity contribution in [2.75, 3.05) is 13.2 Å². The molecule has 0 radical (unpaired) electrons. The zero-order valence-corrected chi connectivity index (χ0v) is 6.37. The van der Waals surface area contributed by atoms with Crippen LogP contribution in [0, 0.1) is 0 Å². The standard InChI is InChI=1S/C8H10O3/c1-2-10-6-8(9)7-3-4-11-5-7/h3-5H,2,6H2,1H3. The maximum Gasteiger partial charge on any atom is 0.191 e. The minimum absolute atomic E-state index is 0.0411. The van der Waals surface area contributed by atoms with Gasteiger partial charge in [-0.05, 0) is 13.0 Å². The predicted molar refractivity (Wildman–Crippen MR) is 39.5 cm³/mol. The fraction of sp³-hybridized carbons (Fsp3) is 0.375. The first kappa shape index (κ1) is 8.01. The highest BCUT2D eigenvalue weighted by Gasteiger charge is 2.05. The minimum atomic E-state index is -0.0411. The lowest BCUT2D eigenvalue weighted by atomic mass is 10.2. The van der Waals surface area contributed by atoms with Crippen LogP contribution in [0.3, 0.4) is 0 Å². The number of ether oxygens (including phenoxy) is 1. The molecule has 0 saturated carbocycles. The lowest BCUT2D eigenvalue weighted by Gasteiger charge is -1.95. The van der Waals surface area contributed by atoms with Crippen LogP contribution in [0.25, 0.3) is 0 Å². The van der Waals surface area contributed by atoms with Gasteiger partial charge in [-0.1, -0.05) is 0 Å². The van der Waals surface area contributed by atoms with E-state index in [4.69, 9.17) is 9.15 Å². The van der Waals surface area contributed by atoms with Gasteiger partial charge in [0.15, 0.2) is 5.78 Å². The molecule has 0 bridgehead atoms. The summed E-state index contributed by atoms with van der Waals surface area (Å²) < 4.78 is 9.67. The number of furan rings is 1. The molecule has 0 N–H and O–H groups in total. The molecule has 0 atom stereocenters. The summed E-state index contributed by atoms with van der Waals surface area (Å²) in [6.07, 6.45) is 2.89. The summed E-state index contributed by atoms with van der Waals surface area (Å²) in [6, 6.07) is 1.63. The zero-order chi connectivity index (χ0) is 8.10. The molecule has 1 rings (SSSR count). The lowest BCUT2D eigenvalue weighted by Crippen LogP contribution is -2.07. The Morgan fingerprint density at radius 2 is 2.55 bits per heavy atom. The summed E-state index contributed by atoms with van der Waals surface area (Å²) in [5.74, 6) is -0.0411. The second-order valence-electron chi connectivity index (χ2n) is 2.07. The van der Waals surface area contributed by atoms with Gasteiger partial charge in [-0.2, -0.15) is 0 Å². The van der Waals surface area contributed by atoms with Gasteiger partial charge in [0.2, 0.25) is 0 Å². The average molecular weight is 154 g/mol. The van der Waals surface area contributed by atoms with Gasteiger partial charge in [-0.25, -0.2) is 0 Å². The molecule has 0 aliphatic rings.